The Hall–Kier alpha value is -2.13. The van der Waals surface area contributed by atoms with Gasteiger partial charge in [0.25, 0.3) is 5.91 Å². The van der Waals surface area contributed by atoms with Crippen LogP contribution in [0.3, 0.4) is 0 Å². The molecule has 1 amide bonds. The number of thiol groups is 1. The third kappa shape index (κ3) is 5.43. The molecule has 0 saturated carbocycles. The number of halogens is 3. The maximum Gasteiger partial charge on any atom is 0.276 e. The summed E-state index contributed by atoms with van der Waals surface area (Å²) in [6.45, 7) is 0.192. The highest BCUT2D eigenvalue weighted by Crippen LogP contribution is 2.28. The third-order valence-electron chi connectivity index (χ3n) is 3.43. The largest absolute Gasteiger partial charge is 0.305 e. The van der Waals surface area contributed by atoms with Crippen LogP contribution in [0.1, 0.15) is 40.7 Å². The minimum absolute atomic E-state index is 0.0726. The quantitative estimate of drug-likeness (QED) is 0.386. The van der Waals surface area contributed by atoms with Gasteiger partial charge in [-0.1, -0.05) is 16.8 Å². The van der Waals surface area contributed by atoms with Crippen molar-refractivity contribution in [3.63, 3.8) is 0 Å². The Balaban J connectivity index is 2.10. The number of nitrogens with one attached hydrogen (secondary N) is 1. The van der Waals surface area contributed by atoms with Crippen LogP contribution in [0.15, 0.2) is 29.6 Å². The van der Waals surface area contributed by atoms with E-state index >= 15 is 0 Å². The monoisotopic (exact) mass is 400 g/mol. The molecule has 0 saturated heterocycles. The number of hydrogen-bond donors (Lipinski definition) is 2. The zero-order valence-electron chi connectivity index (χ0n) is 13.5. The van der Waals surface area contributed by atoms with Crippen molar-refractivity contribution in [2.75, 3.05) is 11.9 Å². The molecule has 6 nitrogen and oxygen atoms in total. The first-order valence-electron chi connectivity index (χ1n) is 7.68. The van der Waals surface area contributed by atoms with Crippen molar-refractivity contribution in [1.82, 2.24) is 9.97 Å². The molecule has 0 bridgehead atoms. The minimum Gasteiger partial charge on any atom is -0.305 e. The van der Waals surface area contributed by atoms with Gasteiger partial charge in [0, 0.05) is 5.25 Å². The molecule has 1 atom stereocenters. The van der Waals surface area contributed by atoms with Crippen LogP contribution in [0.25, 0.3) is 0 Å². The summed E-state index contributed by atoms with van der Waals surface area (Å²) in [5.41, 5.74) is -0.104. The lowest BCUT2D eigenvalue weighted by atomic mass is 10.1. The first kappa shape index (κ1) is 20.2. The maximum atomic E-state index is 14.0. The standard InChI is InChI=1S/C16H15ClF2N4O2S/c17-10-7-9(18)8-20-14(10)16(24)23-13-5-4-11(19)15(22-13)12(26)3-1-2-6-21-25/h4-5,7-8,12,26H,1-3,6H2,(H,22,23,24)/t12-/m0/s1. The molecular formula is C16H15ClF2N4O2S. The second kappa shape index (κ2) is 9.54. The summed E-state index contributed by atoms with van der Waals surface area (Å²) in [5, 5.41) is 4.54. The molecule has 0 spiro atoms. The predicted molar refractivity (Wildman–Crippen MR) is 97.6 cm³/mol. The average Bonchev–Trinajstić information content (AvgIpc) is 2.60. The molecule has 138 valence electrons. The van der Waals surface area contributed by atoms with Gasteiger partial charge in [0.2, 0.25) is 0 Å². The number of anilines is 1. The Kier molecular flexibility index (Phi) is 7.40. The minimum atomic E-state index is -0.701. The number of nitrogens with zero attached hydrogens (tertiary/aromatic N) is 3. The molecule has 2 heterocycles. The molecule has 10 heteroatoms. The van der Waals surface area contributed by atoms with E-state index in [9.17, 15) is 18.5 Å². The van der Waals surface area contributed by atoms with Gasteiger partial charge in [-0.05, 0) is 37.5 Å². The molecular weight excluding hydrogens is 386 g/mol. The molecule has 0 unspecified atom stereocenters. The molecule has 0 fully saturated rings. The van der Waals surface area contributed by atoms with E-state index in [4.69, 9.17) is 11.6 Å². The Labute approximate surface area is 158 Å². The van der Waals surface area contributed by atoms with E-state index in [1.807, 2.05) is 0 Å². The topological polar surface area (TPSA) is 84.3 Å². The highest BCUT2D eigenvalue weighted by Gasteiger charge is 2.17. The Morgan fingerprint density at radius 1 is 1.35 bits per heavy atom. The molecule has 0 aliphatic carbocycles. The predicted octanol–water partition coefficient (Wildman–Crippen LogP) is 4.57. The summed E-state index contributed by atoms with van der Waals surface area (Å²) in [5.74, 6) is -1.85. The lowest BCUT2D eigenvalue weighted by molar-refractivity contribution is 0.102. The van der Waals surface area contributed by atoms with Crippen LogP contribution in [-0.4, -0.2) is 22.4 Å². The summed E-state index contributed by atoms with van der Waals surface area (Å²) in [6.07, 6.45) is 2.56. The van der Waals surface area contributed by atoms with Crippen molar-refractivity contribution < 1.29 is 13.6 Å². The smallest absolute Gasteiger partial charge is 0.276 e. The van der Waals surface area contributed by atoms with Crippen LogP contribution in [0, 0.1) is 16.5 Å². The van der Waals surface area contributed by atoms with E-state index in [2.05, 4.69) is 33.1 Å². The Bertz CT molecular complexity index is 810. The van der Waals surface area contributed by atoms with Crippen LogP contribution in [0.2, 0.25) is 5.02 Å². The number of rotatable bonds is 8. The number of aromatic nitrogens is 2. The molecule has 2 rings (SSSR count). The van der Waals surface area contributed by atoms with Gasteiger partial charge < -0.3 is 5.32 Å². The van der Waals surface area contributed by atoms with Crippen LogP contribution in [0.5, 0.6) is 0 Å². The number of pyridine rings is 2. The molecule has 0 aliphatic heterocycles. The zero-order valence-corrected chi connectivity index (χ0v) is 15.1. The molecule has 2 aromatic heterocycles. The van der Waals surface area contributed by atoms with Crippen LogP contribution >= 0.6 is 24.2 Å². The van der Waals surface area contributed by atoms with Crippen molar-refractivity contribution in [2.24, 2.45) is 5.18 Å². The number of amides is 1. The van der Waals surface area contributed by atoms with Gasteiger partial charge >= 0.3 is 0 Å². The number of nitroso groups, excluding NO2 is 1. The highest BCUT2D eigenvalue weighted by atomic mass is 35.5. The van der Waals surface area contributed by atoms with Gasteiger partial charge in [-0.25, -0.2) is 18.7 Å². The van der Waals surface area contributed by atoms with Crippen LogP contribution in [0.4, 0.5) is 14.6 Å². The number of carbonyl (C=O) groups excluding carboxylic acids is 1. The van der Waals surface area contributed by atoms with Crippen molar-refractivity contribution >= 4 is 36.0 Å². The fourth-order valence-electron chi connectivity index (χ4n) is 2.17. The molecule has 0 radical (unpaired) electrons. The second-order valence-corrected chi connectivity index (χ2v) is 6.40. The summed E-state index contributed by atoms with van der Waals surface area (Å²) in [6, 6.07) is 3.41. The van der Waals surface area contributed by atoms with Crippen LogP contribution in [-0.2, 0) is 0 Å². The van der Waals surface area contributed by atoms with E-state index < -0.39 is 22.8 Å². The molecule has 26 heavy (non-hydrogen) atoms. The van der Waals surface area contributed by atoms with Crippen molar-refractivity contribution in [3.8, 4) is 0 Å². The van der Waals surface area contributed by atoms with Gasteiger partial charge in [-0.15, -0.1) is 0 Å². The van der Waals surface area contributed by atoms with Crippen molar-refractivity contribution in [2.45, 2.75) is 24.5 Å². The molecule has 1 N–H and O–H groups in total. The average molecular weight is 401 g/mol. The highest BCUT2D eigenvalue weighted by molar-refractivity contribution is 7.80. The van der Waals surface area contributed by atoms with Gasteiger partial charge in [-0.3, -0.25) is 4.79 Å². The summed E-state index contributed by atoms with van der Waals surface area (Å²) in [4.78, 5) is 30.0. The zero-order chi connectivity index (χ0) is 19.1. The fourth-order valence-corrected chi connectivity index (χ4v) is 2.77. The molecule has 0 aliphatic rings. The fraction of sp³-hybridized carbons (Fsp3) is 0.312. The van der Waals surface area contributed by atoms with E-state index in [1.165, 1.54) is 6.07 Å². The number of unbranched alkanes of at least 4 members (excludes halogenated alkanes) is 1. The number of hydrogen-bond acceptors (Lipinski definition) is 6. The summed E-state index contributed by atoms with van der Waals surface area (Å²) >= 11 is 10.1. The van der Waals surface area contributed by atoms with Crippen LogP contribution < -0.4 is 5.32 Å². The van der Waals surface area contributed by atoms with Crippen molar-refractivity contribution in [3.05, 3.63) is 57.3 Å². The van der Waals surface area contributed by atoms with Gasteiger partial charge in [0.1, 0.15) is 23.1 Å². The van der Waals surface area contributed by atoms with E-state index in [0.717, 1.165) is 18.3 Å². The number of carbonyl (C=O) groups is 1. The summed E-state index contributed by atoms with van der Waals surface area (Å²) in [7, 11) is 0. The first-order valence-corrected chi connectivity index (χ1v) is 8.58. The summed E-state index contributed by atoms with van der Waals surface area (Å²) < 4.78 is 27.0. The Morgan fingerprint density at radius 2 is 2.12 bits per heavy atom. The van der Waals surface area contributed by atoms with E-state index in [-0.39, 0.29) is 28.8 Å². The first-order chi connectivity index (χ1) is 12.4. The second-order valence-electron chi connectivity index (χ2n) is 5.37. The van der Waals surface area contributed by atoms with E-state index in [0.29, 0.717) is 19.3 Å². The molecule has 2 aromatic rings. The van der Waals surface area contributed by atoms with Gasteiger partial charge in [-0.2, -0.15) is 17.5 Å². The van der Waals surface area contributed by atoms with E-state index in [1.54, 1.807) is 0 Å². The van der Waals surface area contributed by atoms with Crippen molar-refractivity contribution in [1.29, 1.82) is 0 Å². The molecule has 0 aromatic carbocycles. The van der Waals surface area contributed by atoms with Gasteiger partial charge in [0.05, 0.1) is 23.5 Å². The normalized spacial score (nSPS) is 11.8. The SMILES string of the molecule is O=NCCCC[C@H](S)c1nc(NC(=O)c2ncc(F)cc2Cl)ccc1F. The third-order valence-corrected chi connectivity index (χ3v) is 4.22. The lowest BCUT2D eigenvalue weighted by Gasteiger charge is -2.13. The maximum absolute atomic E-state index is 14.0. The lowest BCUT2D eigenvalue weighted by Crippen LogP contribution is -2.16. The Morgan fingerprint density at radius 3 is 2.81 bits per heavy atom. The van der Waals surface area contributed by atoms with Gasteiger partial charge in [0.15, 0.2) is 0 Å².